The van der Waals surface area contributed by atoms with Crippen LogP contribution in [0, 0.1) is 0 Å². The van der Waals surface area contributed by atoms with E-state index in [0.717, 1.165) is 18.6 Å². The van der Waals surface area contributed by atoms with Gasteiger partial charge < -0.3 is 4.74 Å². The summed E-state index contributed by atoms with van der Waals surface area (Å²) in [5, 5.41) is 0. The smallest absolute Gasteiger partial charge is 0.172 e. The number of rotatable bonds is 5. The Morgan fingerprint density at radius 1 is 1.25 bits per heavy atom. The molecule has 0 saturated heterocycles. The summed E-state index contributed by atoms with van der Waals surface area (Å²) in [7, 11) is 0. The van der Waals surface area contributed by atoms with Gasteiger partial charge in [0.2, 0.25) is 0 Å². The highest BCUT2D eigenvalue weighted by Gasteiger charge is 2.25. The molecule has 0 fully saturated rings. The highest BCUT2D eigenvalue weighted by atomic mass is 16.5. The topological polar surface area (TPSA) is 26.3 Å². The van der Waals surface area contributed by atoms with E-state index >= 15 is 0 Å². The zero-order chi connectivity index (χ0) is 12.2. The molecule has 0 aliphatic heterocycles. The molecule has 88 valence electrons. The van der Waals surface area contributed by atoms with Crippen LogP contribution >= 0.6 is 0 Å². The van der Waals surface area contributed by atoms with Gasteiger partial charge in [-0.05, 0) is 44.9 Å². The zero-order valence-corrected chi connectivity index (χ0v) is 10.5. The molecule has 1 aromatic rings. The van der Waals surface area contributed by atoms with Gasteiger partial charge in [0.25, 0.3) is 0 Å². The number of hydrogen-bond acceptors (Lipinski definition) is 2. The van der Waals surface area contributed by atoms with E-state index in [1.807, 2.05) is 12.1 Å². The van der Waals surface area contributed by atoms with Crippen LogP contribution in [-0.2, 0) is 11.2 Å². The minimum absolute atomic E-state index is 0.0325. The highest BCUT2D eigenvalue weighted by Crippen LogP contribution is 2.20. The normalized spacial score (nSPS) is 11.2. The third-order valence-corrected chi connectivity index (χ3v) is 2.68. The average molecular weight is 220 g/mol. The summed E-state index contributed by atoms with van der Waals surface area (Å²) in [6.45, 7) is 7.28. The lowest BCUT2D eigenvalue weighted by molar-refractivity contribution is -0.129. The van der Waals surface area contributed by atoms with Crippen LogP contribution in [0.25, 0.3) is 0 Å². The fourth-order valence-electron chi connectivity index (χ4n) is 1.38. The molecule has 0 spiro atoms. The van der Waals surface area contributed by atoms with Crippen LogP contribution < -0.4 is 4.74 Å². The molecular formula is C14H20O2. The predicted molar refractivity (Wildman–Crippen MR) is 65.8 cm³/mol. The van der Waals surface area contributed by atoms with Crippen molar-refractivity contribution < 1.29 is 9.53 Å². The van der Waals surface area contributed by atoms with Gasteiger partial charge in [-0.2, -0.15) is 0 Å². The van der Waals surface area contributed by atoms with Crippen LogP contribution in [0.5, 0.6) is 5.75 Å². The quantitative estimate of drug-likeness (QED) is 0.760. The van der Waals surface area contributed by atoms with Crippen LogP contribution in [0.1, 0.15) is 39.7 Å². The van der Waals surface area contributed by atoms with Crippen molar-refractivity contribution in [3.8, 4) is 5.75 Å². The van der Waals surface area contributed by atoms with Crippen molar-refractivity contribution in [2.24, 2.45) is 0 Å². The molecule has 0 aromatic heterocycles. The molecule has 0 saturated carbocycles. The molecule has 0 N–H and O–H groups in total. The van der Waals surface area contributed by atoms with E-state index in [-0.39, 0.29) is 5.78 Å². The lowest BCUT2D eigenvalue weighted by Gasteiger charge is -2.23. The summed E-state index contributed by atoms with van der Waals surface area (Å²) in [5.41, 5.74) is 0.558. The van der Waals surface area contributed by atoms with Crippen LogP contribution in [-0.4, -0.2) is 11.4 Å². The van der Waals surface area contributed by atoms with Crippen LogP contribution in [0.15, 0.2) is 24.3 Å². The fourth-order valence-corrected chi connectivity index (χ4v) is 1.38. The van der Waals surface area contributed by atoms with Gasteiger partial charge in [-0.25, -0.2) is 0 Å². The first-order valence-corrected chi connectivity index (χ1v) is 5.74. The van der Waals surface area contributed by atoms with Crippen molar-refractivity contribution in [1.29, 1.82) is 0 Å². The predicted octanol–water partition coefficient (Wildman–Crippen LogP) is 3.39. The van der Waals surface area contributed by atoms with E-state index in [4.69, 9.17) is 4.74 Å². The molecular weight excluding hydrogens is 200 g/mol. The molecule has 16 heavy (non-hydrogen) atoms. The van der Waals surface area contributed by atoms with E-state index in [1.54, 1.807) is 20.8 Å². The van der Waals surface area contributed by atoms with E-state index < -0.39 is 5.60 Å². The molecule has 0 amide bonds. The van der Waals surface area contributed by atoms with Gasteiger partial charge in [0, 0.05) is 0 Å². The number of hydrogen-bond donors (Lipinski definition) is 0. The van der Waals surface area contributed by atoms with Crippen molar-refractivity contribution in [2.75, 3.05) is 0 Å². The summed E-state index contributed by atoms with van der Waals surface area (Å²) >= 11 is 0. The van der Waals surface area contributed by atoms with E-state index in [2.05, 4.69) is 19.1 Å². The average Bonchev–Trinajstić information content (AvgIpc) is 2.21. The number of ether oxygens (including phenoxy) is 1. The van der Waals surface area contributed by atoms with Crippen LogP contribution in [0.2, 0.25) is 0 Å². The Bertz CT molecular complexity index is 350. The fraction of sp³-hybridized carbons (Fsp3) is 0.500. The van der Waals surface area contributed by atoms with E-state index in [1.165, 1.54) is 5.56 Å². The third-order valence-electron chi connectivity index (χ3n) is 2.68. The first-order valence-electron chi connectivity index (χ1n) is 5.74. The van der Waals surface area contributed by atoms with Crippen molar-refractivity contribution in [3.63, 3.8) is 0 Å². The largest absolute Gasteiger partial charge is 0.480 e. The highest BCUT2D eigenvalue weighted by molar-refractivity contribution is 5.84. The molecule has 1 rings (SSSR count). The molecule has 0 aliphatic rings. The minimum atomic E-state index is -0.744. The van der Waals surface area contributed by atoms with E-state index in [9.17, 15) is 4.79 Å². The molecule has 0 aliphatic carbocycles. The number of benzene rings is 1. The Hall–Kier alpha value is -1.31. The maximum atomic E-state index is 11.3. The maximum absolute atomic E-state index is 11.3. The van der Waals surface area contributed by atoms with Gasteiger partial charge in [0.15, 0.2) is 11.4 Å². The number of aryl methyl sites for hydroxylation is 1. The first-order chi connectivity index (χ1) is 7.45. The van der Waals surface area contributed by atoms with Crippen molar-refractivity contribution in [2.45, 2.75) is 46.1 Å². The lowest BCUT2D eigenvalue weighted by Crippen LogP contribution is -2.36. The van der Waals surface area contributed by atoms with Crippen LogP contribution in [0.4, 0.5) is 0 Å². The SMILES string of the molecule is CCCc1ccc(OC(C)(C)C(C)=O)cc1. The van der Waals surface area contributed by atoms with Gasteiger partial charge >= 0.3 is 0 Å². The molecule has 0 heterocycles. The molecule has 1 aromatic carbocycles. The second-order valence-electron chi connectivity index (χ2n) is 4.56. The Morgan fingerprint density at radius 2 is 1.81 bits per heavy atom. The van der Waals surface area contributed by atoms with Crippen LogP contribution in [0.3, 0.4) is 0 Å². The first kappa shape index (κ1) is 12.8. The standard InChI is InChI=1S/C14H20O2/c1-5-6-12-7-9-13(10-8-12)16-14(3,4)11(2)15/h7-10H,5-6H2,1-4H3. The molecule has 2 nitrogen and oxygen atoms in total. The van der Waals surface area contributed by atoms with Crippen molar-refractivity contribution >= 4 is 5.78 Å². The molecule has 0 unspecified atom stereocenters. The Kier molecular flexibility index (Phi) is 4.11. The summed E-state index contributed by atoms with van der Waals surface area (Å²) in [4.78, 5) is 11.3. The van der Waals surface area contributed by atoms with E-state index in [0.29, 0.717) is 0 Å². The lowest BCUT2D eigenvalue weighted by atomic mass is 10.1. The van der Waals surface area contributed by atoms with Crippen molar-refractivity contribution in [3.05, 3.63) is 29.8 Å². The van der Waals surface area contributed by atoms with Gasteiger partial charge in [-0.3, -0.25) is 4.79 Å². The Morgan fingerprint density at radius 3 is 2.25 bits per heavy atom. The number of Topliss-reactive ketones (excluding diaryl/α,β-unsaturated/α-hetero) is 1. The minimum Gasteiger partial charge on any atom is -0.480 e. The third kappa shape index (κ3) is 3.37. The molecule has 0 atom stereocenters. The van der Waals surface area contributed by atoms with Gasteiger partial charge in [-0.15, -0.1) is 0 Å². The van der Waals surface area contributed by atoms with Gasteiger partial charge in [-0.1, -0.05) is 25.5 Å². The maximum Gasteiger partial charge on any atom is 0.172 e. The summed E-state index contributed by atoms with van der Waals surface area (Å²) < 4.78 is 5.65. The summed E-state index contributed by atoms with van der Waals surface area (Å²) in [5.74, 6) is 0.783. The van der Waals surface area contributed by atoms with Gasteiger partial charge in [0.1, 0.15) is 5.75 Å². The second-order valence-corrected chi connectivity index (χ2v) is 4.56. The number of carbonyl (C=O) groups excluding carboxylic acids is 1. The monoisotopic (exact) mass is 220 g/mol. The summed E-state index contributed by atoms with van der Waals surface area (Å²) in [6.07, 6.45) is 2.22. The second kappa shape index (κ2) is 5.15. The zero-order valence-electron chi connectivity index (χ0n) is 10.5. The Labute approximate surface area is 97.6 Å². The van der Waals surface area contributed by atoms with Crippen molar-refractivity contribution in [1.82, 2.24) is 0 Å². The Balaban J connectivity index is 2.72. The number of carbonyl (C=O) groups is 1. The number of ketones is 1. The summed E-state index contributed by atoms with van der Waals surface area (Å²) in [6, 6.07) is 7.95. The molecule has 0 radical (unpaired) electrons. The van der Waals surface area contributed by atoms with Gasteiger partial charge in [0.05, 0.1) is 0 Å². The molecule has 2 heteroatoms. The molecule has 0 bridgehead atoms.